The summed E-state index contributed by atoms with van der Waals surface area (Å²) >= 11 is 6.74. The molecule has 0 bridgehead atoms. The molecule has 8 heteroatoms. The van der Waals surface area contributed by atoms with Gasteiger partial charge in [0.2, 0.25) is 0 Å². The van der Waals surface area contributed by atoms with Crippen molar-refractivity contribution in [3.05, 3.63) is 68.1 Å². The number of carbonyl (C=O) groups is 3. The van der Waals surface area contributed by atoms with Crippen LogP contribution in [0.15, 0.2) is 57.0 Å². The van der Waals surface area contributed by atoms with Gasteiger partial charge >= 0.3 is 6.03 Å². The normalized spacial score (nSPS) is 13.9. The number of imide groups is 2. The number of urea groups is 1. The third-order valence-electron chi connectivity index (χ3n) is 3.52. The van der Waals surface area contributed by atoms with E-state index in [4.69, 9.17) is 4.74 Å². The van der Waals surface area contributed by atoms with Crippen LogP contribution >= 0.6 is 31.9 Å². The minimum atomic E-state index is -0.835. The number of rotatable bonds is 4. The standard InChI is InChI=1S/C18H12Br2N2O4/c19-12-3-1-10(2-4-12)9-26-15-6-5-13(20)7-11(15)8-14-16(23)21-18(25)22-17(14)24/h1-8H,9H2,(H2,21,22,23,24,25). The van der Waals surface area contributed by atoms with Gasteiger partial charge < -0.3 is 4.74 Å². The summed E-state index contributed by atoms with van der Waals surface area (Å²) in [6.07, 6.45) is 1.39. The average molecular weight is 480 g/mol. The molecule has 2 aromatic rings. The molecule has 1 aliphatic rings. The summed E-state index contributed by atoms with van der Waals surface area (Å²) in [7, 11) is 0. The van der Waals surface area contributed by atoms with Gasteiger partial charge in [-0.1, -0.05) is 44.0 Å². The van der Waals surface area contributed by atoms with E-state index in [1.807, 2.05) is 34.9 Å². The lowest BCUT2D eigenvalue weighted by molar-refractivity contribution is -0.123. The number of hydrogen-bond donors (Lipinski definition) is 2. The van der Waals surface area contributed by atoms with Crippen LogP contribution in [0.2, 0.25) is 0 Å². The molecule has 132 valence electrons. The molecule has 26 heavy (non-hydrogen) atoms. The highest BCUT2D eigenvalue weighted by Gasteiger charge is 2.28. The predicted molar refractivity (Wildman–Crippen MR) is 102 cm³/mol. The third-order valence-corrected chi connectivity index (χ3v) is 4.54. The van der Waals surface area contributed by atoms with Crippen molar-refractivity contribution in [1.29, 1.82) is 0 Å². The molecule has 0 radical (unpaired) electrons. The summed E-state index contributed by atoms with van der Waals surface area (Å²) in [5.41, 5.74) is 1.33. The molecule has 0 unspecified atom stereocenters. The number of amides is 4. The SMILES string of the molecule is O=C1NC(=O)C(=Cc2cc(Br)ccc2OCc2ccc(Br)cc2)C(=O)N1. The van der Waals surface area contributed by atoms with Crippen LogP contribution in [0.5, 0.6) is 5.75 Å². The molecule has 0 atom stereocenters. The Morgan fingerprint density at radius 3 is 2.15 bits per heavy atom. The molecule has 1 saturated heterocycles. The molecule has 1 aliphatic heterocycles. The lowest BCUT2D eigenvalue weighted by Crippen LogP contribution is -2.51. The van der Waals surface area contributed by atoms with Crippen molar-refractivity contribution in [2.75, 3.05) is 0 Å². The van der Waals surface area contributed by atoms with Crippen LogP contribution in [0.4, 0.5) is 4.79 Å². The van der Waals surface area contributed by atoms with Crippen LogP contribution in [-0.4, -0.2) is 17.8 Å². The summed E-state index contributed by atoms with van der Waals surface area (Å²) in [6.45, 7) is 0.321. The molecule has 0 aromatic heterocycles. The third kappa shape index (κ3) is 4.39. The molecule has 0 saturated carbocycles. The lowest BCUT2D eigenvalue weighted by Gasteiger charge is -2.15. The molecule has 0 spiro atoms. The minimum absolute atomic E-state index is 0.170. The summed E-state index contributed by atoms with van der Waals surface area (Å²) in [6, 6.07) is 12.1. The molecule has 6 nitrogen and oxygen atoms in total. The highest BCUT2D eigenvalue weighted by Crippen LogP contribution is 2.27. The van der Waals surface area contributed by atoms with Gasteiger partial charge in [0.15, 0.2) is 0 Å². The predicted octanol–water partition coefficient (Wildman–Crippen LogP) is 3.54. The van der Waals surface area contributed by atoms with Gasteiger partial charge in [-0.05, 0) is 42.0 Å². The first-order valence-electron chi connectivity index (χ1n) is 7.47. The van der Waals surface area contributed by atoms with Gasteiger partial charge in [0.25, 0.3) is 11.8 Å². The molecule has 0 aliphatic carbocycles. The second-order valence-electron chi connectivity index (χ2n) is 5.39. The molecule has 1 fully saturated rings. The van der Waals surface area contributed by atoms with Gasteiger partial charge in [-0.15, -0.1) is 0 Å². The summed E-state index contributed by atoms with van der Waals surface area (Å²) in [5.74, 6) is -1.00. The number of hydrogen-bond acceptors (Lipinski definition) is 4. The second-order valence-corrected chi connectivity index (χ2v) is 7.22. The van der Waals surface area contributed by atoms with Crippen LogP contribution in [0, 0.1) is 0 Å². The molecule has 4 amide bonds. The van der Waals surface area contributed by atoms with E-state index in [0.29, 0.717) is 17.9 Å². The summed E-state index contributed by atoms with van der Waals surface area (Å²) in [4.78, 5) is 35.0. The molecular formula is C18H12Br2N2O4. The van der Waals surface area contributed by atoms with E-state index in [-0.39, 0.29) is 5.57 Å². The van der Waals surface area contributed by atoms with E-state index < -0.39 is 17.8 Å². The second kappa shape index (κ2) is 7.84. The maximum Gasteiger partial charge on any atom is 0.328 e. The van der Waals surface area contributed by atoms with E-state index in [9.17, 15) is 14.4 Å². The quantitative estimate of drug-likeness (QED) is 0.518. The molecule has 2 aromatic carbocycles. The number of nitrogens with one attached hydrogen (secondary N) is 2. The zero-order valence-electron chi connectivity index (χ0n) is 13.2. The van der Waals surface area contributed by atoms with E-state index in [0.717, 1.165) is 14.5 Å². The average Bonchev–Trinajstić information content (AvgIpc) is 2.58. The topological polar surface area (TPSA) is 84.5 Å². The van der Waals surface area contributed by atoms with Gasteiger partial charge in [-0.2, -0.15) is 0 Å². The van der Waals surface area contributed by atoms with E-state index in [1.165, 1.54) is 6.08 Å². The van der Waals surface area contributed by atoms with Crippen molar-refractivity contribution in [1.82, 2.24) is 10.6 Å². The zero-order valence-corrected chi connectivity index (χ0v) is 16.4. The zero-order chi connectivity index (χ0) is 18.7. The van der Waals surface area contributed by atoms with Gasteiger partial charge in [0.1, 0.15) is 17.9 Å². The Hall–Kier alpha value is -2.45. The van der Waals surface area contributed by atoms with Crippen LogP contribution in [0.3, 0.4) is 0 Å². The number of barbiturate groups is 1. The van der Waals surface area contributed by atoms with Crippen molar-refractivity contribution in [3.63, 3.8) is 0 Å². The van der Waals surface area contributed by atoms with Crippen molar-refractivity contribution < 1.29 is 19.1 Å². The number of halogens is 2. The summed E-state index contributed by atoms with van der Waals surface area (Å²) in [5, 5.41) is 4.08. The lowest BCUT2D eigenvalue weighted by atomic mass is 10.1. The Balaban J connectivity index is 1.87. The Kier molecular flexibility index (Phi) is 5.53. The first-order chi connectivity index (χ1) is 12.4. The summed E-state index contributed by atoms with van der Waals surface area (Å²) < 4.78 is 7.57. The van der Waals surface area contributed by atoms with E-state index in [2.05, 4.69) is 31.9 Å². The van der Waals surface area contributed by atoms with Crippen molar-refractivity contribution in [2.45, 2.75) is 6.61 Å². The van der Waals surface area contributed by atoms with E-state index >= 15 is 0 Å². The molecule has 1 heterocycles. The first-order valence-corrected chi connectivity index (χ1v) is 9.06. The van der Waals surface area contributed by atoms with Crippen LogP contribution in [-0.2, 0) is 16.2 Å². The smallest absolute Gasteiger partial charge is 0.328 e. The Labute approximate surface area is 165 Å². The van der Waals surface area contributed by atoms with E-state index in [1.54, 1.807) is 18.2 Å². The fourth-order valence-electron chi connectivity index (χ4n) is 2.27. The molecule has 2 N–H and O–H groups in total. The van der Waals surface area contributed by atoms with Gasteiger partial charge in [-0.3, -0.25) is 20.2 Å². The van der Waals surface area contributed by atoms with Crippen LogP contribution in [0.1, 0.15) is 11.1 Å². The molecule has 3 rings (SSSR count). The Bertz CT molecular complexity index is 901. The van der Waals surface area contributed by atoms with Crippen molar-refractivity contribution >= 4 is 55.8 Å². The number of ether oxygens (including phenoxy) is 1. The monoisotopic (exact) mass is 478 g/mol. The first kappa shape index (κ1) is 18.3. The van der Waals surface area contributed by atoms with Gasteiger partial charge in [0, 0.05) is 14.5 Å². The van der Waals surface area contributed by atoms with Gasteiger partial charge in [0.05, 0.1) is 0 Å². The maximum absolute atomic E-state index is 11.9. The van der Waals surface area contributed by atoms with Crippen LogP contribution < -0.4 is 15.4 Å². The highest BCUT2D eigenvalue weighted by atomic mass is 79.9. The Morgan fingerprint density at radius 1 is 0.885 bits per heavy atom. The van der Waals surface area contributed by atoms with Gasteiger partial charge in [-0.25, -0.2) is 4.79 Å². The van der Waals surface area contributed by atoms with Crippen molar-refractivity contribution in [2.24, 2.45) is 0 Å². The minimum Gasteiger partial charge on any atom is -0.488 e. The maximum atomic E-state index is 11.9. The molecular weight excluding hydrogens is 468 g/mol. The van der Waals surface area contributed by atoms with Crippen LogP contribution in [0.25, 0.3) is 6.08 Å². The number of benzene rings is 2. The van der Waals surface area contributed by atoms with Crippen molar-refractivity contribution in [3.8, 4) is 5.75 Å². The number of carbonyl (C=O) groups excluding carboxylic acids is 3. The highest BCUT2D eigenvalue weighted by molar-refractivity contribution is 9.10. The fraction of sp³-hybridized carbons (Fsp3) is 0.0556. The largest absolute Gasteiger partial charge is 0.488 e. The fourth-order valence-corrected chi connectivity index (χ4v) is 2.91. The Morgan fingerprint density at radius 2 is 1.50 bits per heavy atom.